The first-order valence-electron chi connectivity index (χ1n) is 6.61. The molecule has 0 unspecified atom stereocenters. The van der Waals surface area contributed by atoms with Gasteiger partial charge in [0.15, 0.2) is 11.6 Å². The van der Waals surface area contributed by atoms with E-state index >= 15 is 0 Å². The van der Waals surface area contributed by atoms with Gasteiger partial charge < -0.3 is 9.84 Å². The zero-order chi connectivity index (χ0) is 14.9. The largest absolute Gasteiger partial charge is 0.506 e. The van der Waals surface area contributed by atoms with Crippen molar-refractivity contribution in [2.75, 3.05) is 7.11 Å². The van der Waals surface area contributed by atoms with Crippen molar-refractivity contribution in [3.63, 3.8) is 0 Å². The van der Waals surface area contributed by atoms with Gasteiger partial charge in [-0.3, -0.25) is 9.59 Å². The summed E-state index contributed by atoms with van der Waals surface area (Å²) >= 11 is 0. The molecule has 0 saturated carbocycles. The fourth-order valence-electron chi connectivity index (χ4n) is 2.52. The molecule has 1 aliphatic carbocycles. The maximum absolute atomic E-state index is 12.1. The maximum atomic E-state index is 12.1. The highest BCUT2D eigenvalue weighted by molar-refractivity contribution is 6.03. The van der Waals surface area contributed by atoms with Crippen molar-refractivity contribution in [1.82, 2.24) is 0 Å². The van der Waals surface area contributed by atoms with Crippen molar-refractivity contribution >= 4 is 17.6 Å². The summed E-state index contributed by atoms with van der Waals surface area (Å²) in [6, 6.07) is 1.79. The lowest BCUT2D eigenvalue weighted by molar-refractivity contribution is -0.112. The molecule has 1 N–H and O–H groups in total. The zero-order valence-electron chi connectivity index (χ0n) is 11.9. The first kappa shape index (κ1) is 14.3. The zero-order valence-corrected chi connectivity index (χ0v) is 11.9. The third kappa shape index (κ3) is 2.46. The third-order valence-corrected chi connectivity index (χ3v) is 3.65. The number of allylic oxidation sites excluding steroid dienone is 1. The Balaban J connectivity index is 2.67. The van der Waals surface area contributed by atoms with Gasteiger partial charge in [0.2, 0.25) is 0 Å². The van der Waals surface area contributed by atoms with Gasteiger partial charge in [0.1, 0.15) is 11.5 Å². The van der Waals surface area contributed by atoms with Crippen LogP contribution in [0.2, 0.25) is 0 Å². The van der Waals surface area contributed by atoms with E-state index in [0.29, 0.717) is 23.3 Å². The molecule has 0 bridgehead atoms. The predicted octanol–water partition coefficient (Wildman–Crippen LogP) is 3.08. The molecular formula is C16H18O4. The molecule has 1 aromatic rings. The summed E-state index contributed by atoms with van der Waals surface area (Å²) in [6.07, 6.45) is 4.05. The minimum Gasteiger partial charge on any atom is -0.506 e. The van der Waals surface area contributed by atoms with Crippen molar-refractivity contribution in [3.8, 4) is 11.5 Å². The van der Waals surface area contributed by atoms with E-state index in [-0.39, 0.29) is 23.2 Å². The van der Waals surface area contributed by atoms with Gasteiger partial charge in [-0.15, -0.1) is 0 Å². The van der Waals surface area contributed by atoms with Gasteiger partial charge in [0.05, 0.1) is 18.2 Å². The van der Waals surface area contributed by atoms with Gasteiger partial charge in [-0.05, 0) is 43.0 Å². The summed E-state index contributed by atoms with van der Waals surface area (Å²) in [7, 11) is 1.50. The van der Waals surface area contributed by atoms with Crippen LogP contribution in [0.25, 0.3) is 6.08 Å². The summed E-state index contributed by atoms with van der Waals surface area (Å²) in [5.74, 6) is 0.390. The Bertz CT molecular complexity index is 599. The fraction of sp³-hybridized carbons (Fsp3) is 0.375. The van der Waals surface area contributed by atoms with Crippen LogP contribution >= 0.6 is 0 Å². The molecule has 1 atom stereocenters. The highest BCUT2D eigenvalue weighted by Crippen LogP contribution is 2.42. The van der Waals surface area contributed by atoms with Gasteiger partial charge >= 0.3 is 0 Å². The van der Waals surface area contributed by atoms with Crippen molar-refractivity contribution < 1.29 is 19.4 Å². The molecule has 0 radical (unpaired) electrons. The van der Waals surface area contributed by atoms with Crippen molar-refractivity contribution in [2.24, 2.45) is 0 Å². The molecule has 2 rings (SSSR count). The number of carbonyl (C=O) groups excluding carboxylic acids is 2. The number of methoxy groups -OCH3 is 1. The number of carbonyl (C=O) groups is 2. The van der Waals surface area contributed by atoms with Gasteiger partial charge in [0, 0.05) is 6.42 Å². The molecule has 4 heteroatoms. The number of phenols is 1. The second kappa shape index (κ2) is 5.49. The molecule has 0 saturated heterocycles. The molecule has 1 aromatic carbocycles. The van der Waals surface area contributed by atoms with Crippen molar-refractivity contribution in [1.29, 1.82) is 0 Å². The summed E-state index contributed by atoms with van der Waals surface area (Å²) in [5.41, 5.74) is 1.56. The molecule has 20 heavy (non-hydrogen) atoms. The Morgan fingerprint density at radius 2 is 2.20 bits per heavy atom. The minimum atomic E-state index is -0.135. The second-order valence-electron chi connectivity index (χ2n) is 5.11. The number of aromatic hydroxyl groups is 1. The van der Waals surface area contributed by atoms with Gasteiger partial charge in [-0.1, -0.05) is 6.92 Å². The van der Waals surface area contributed by atoms with E-state index in [1.807, 2.05) is 6.92 Å². The van der Waals surface area contributed by atoms with Crippen LogP contribution in [0, 0.1) is 0 Å². The van der Waals surface area contributed by atoms with Crippen LogP contribution in [0.3, 0.4) is 0 Å². The highest BCUT2D eigenvalue weighted by atomic mass is 16.5. The quantitative estimate of drug-likeness (QED) is 0.860. The number of fused-ring (bicyclic) bond motifs is 1. The van der Waals surface area contributed by atoms with Crippen LogP contribution in [0.15, 0.2) is 12.1 Å². The summed E-state index contributed by atoms with van der Waals surface area (Å²) in [6.45, 7) is 3.45. The Labute approximate surface area is 118 Å². The van der Waals surface area contributed by atoms with Gasteiger partial charge in [-0.2, -0.15) is 0 Å². The number of phenolic OH excluding ortho intramolecular Hbond substituents is 1. The molecule has 0 amide bonds. The van der Waals surface area contributed by atoms with Crippen LogP contribution in [-0.4, -0.2) is 23.8 Å². The van der Waals surface area contributed by atoms with Gasteiger partial charge in [0.25, 0.3) is 0 Å². The molecule has 0 aromatic heterocycles. The minimum absolute atomic E-state index is 0.0595. The van der Waals surface area contributed by atoms with Crippen LogP contribution in [0.4, 0.5) is 0 Å². The second-order valence-corrected chi connectivity index (χ2v) is 5.11. The molecule has 0 fully saturated rings. The van der Waals surface area contributed by atoms with Crippen LogP contribution in [0.5, 0.6) is 11.5 Å². The Kier molecular flexibility index (Phi) is 3.93. The monoisotopic (exact) mass is 274 g/mol. The summed E-state index contributed by atoms with van der Waals surface area (Å²) in [4.78, 5) is 23.1. The Morgan fingerprint density at radius 1 is 1.50 bits per heavy atom. The number of hydrogen-bond acceptors (Lipinski definition) is 4. The smallest absolute Gasteiger partial charge is 0.166 e. The van der Waals surface area contributed by atoms with Crippen LogP contribution < -0.4 is 4.74 Å². The standard InChI is InChI=1S/C16H18O4/c1-9-4-7-13(18)15-12(9)8-14(20-3)11(16(15)19)6-5-10(2)17/h5-6,8-9,19H,4,7H2,1-3H3/b6-5+/t9-/m1/s1. The van der Waals surface area contributed by atoms with Crippen molar-refractivity contribution in [3.05, 3.63) is 28.8 Å². The lowest BCUT2D eigenvalue weighted by atomic mass is 9.81. The Morgan fingerprint density at radius 3 is 2.80 bits per heavy atom. The van der Waals surface area contributed by atoms with Crippen LogP contribution in [-0.2, 0) is 4.79 Å². The fourth-order valence-corrected chi connectivity index (χ4v) is 2.52. The van der Waals surface area contributed by atoms with E-state index in [2.05, 4.69) is 0 Å². The van der Waals surface area contributed by atoms with E-state index < -0.39 is 0 Å². The lowest BCUT2D eigenvalue weighted by Gasteiger charge is -2.24. The summed E-state index contributed by atoms with van der Waals surface area (Å²) < 4.78 is 5.27. The molecule has 1 aliphatic rings. The first-order valence-corrected chi connectivity index (χ1v) is 6.61. The van der Waals surface area contributed by atoms with E-state index in [1.54, 1.807) is 6.07 Å². The topological polar surface area (TPSA) is 63.6 Å². The van der Waals surface area contributed by atoms with Crippen LogP contribution in [0.1, 0.15) is 54.1 Å². The maximum Gasteiger partial charge on any atom is 0.166 e. The molecule has 0 spiro atoms. The molecular weight excluding hydrogens is 256 g/mol. The lowest BCUT2D eigenvalue weighted by Crippen LogP contribution is -2.15. The third-order valence-electron chi connectivity index (χ3n) is 3.65. The molecule has 0 aliphatic heterocycles. The number of hydrogen-bond donors (Lipinski definition) is 1. The first-order chi connectivity index (χ1) is 9.45. The normalized spacial score (nSPS) is 18.1. The summed E-state index contributed by atoms with van der Waals surface area (Å²) in [5, 5.41) is 10.4. The number of ether oxygens (including phenoxy) is 1. The number of benzene rings is 1. The SMILES string of the molecule is COc1cc2c(c(O)c1/C=C/C(C)=O)C(=O)CC[C@H]2C. The van der Waals surface area contributed by atoms with E-state index in [0.717, 1.165) is 12.0 Å². The number of Topliss-reactive ketones (excluding diaryl/α,β-unsaturated/α-hetero) is 1. The highest BCUT2D eigenvalue weighted by Gasteiger charge is 2.28. The molecule has 0 heterocycles. The molecule has 4 nitrogen and oxygen atoms in total. The average Bonchev–Trinajstić information content (AvgIpc) is 2.40. The van der Waals surface area contributed by atoms with Gasteiger partial charge in [-0.25, -0.2) is 0 Å². The Hall–Kier alpha value is -2.10. The number of ketones is 2. The van der Waals surface area contributed by atoms with Crippen molar-refractivity contribution in [2.45, 2.75) is 32.6 Å². The van der Waals surface area contributed by atoms with E-state index in [1.165, 1.54) is 26.2 Å². The average molecular weight is 274 g/mol. The number of rotatable bonds is 3. The predicted molar refractivity (Wildman–Crippen MR) is 76.4 cm³/mol. The van der Waals surface area contributed by atoms with E-state index in [4.69, 9.17) is 4.74 Å². The molecule has 106 valence electrons. The van der Waals surface area contributed by atoms with E-state index in [9.17, 15) is 14.7 Å².